The van der Waals surface area contributed by atoms with Gasteiger partial charge in [0.1, 0.15) is 12.2 Å². The van der Waals surface area contributed by atoms with Gasteiger partial charge in [-0.05, 0) is 50.4 Å². The summed E-state index contributed by atoms with van der Waals surface area (Å²) < 4.78 is 50.7. The van der Waals surface area contributed by atoms with E-state index < -0.39 is 0 Å². The maximum absolute atomic E-state index is 8.55. The summed E-state index contributed by atoms with van der Waals surface area (Å²) in [6, 6.07) is 0. The van der Waals surface area contributed by atoms with E-state index in [0.717, 1.165) is 105 Å². The van der Waals surface area contributed by atoms with Gasteiger partial charge in [0.05, 0.1) is 115 Å². The molecular formula is C60H120O14. The number of hydrogen-bond donors (Lipinski definition) is 2. The van der Waals surface area contributed by atoms with Crippen LogP contribution in [-0.4, -0.2) is 151 Å². The smallest absolute Gasteiger partial charge is 0.104 e. The van der Waals surface area contributed by atoms with Crippen molar-refractivity contribution in [3.8, 4) is 0 Å². The van der Waals surface area contributed by atoms with Crippen LogP contribution in [0.25, 0.3) is 0 Å². The van der Waals surface area contributed by atoms with Crippen LogP contribution in [0.15, 0.2) is 0 Å². The number of unbranched alkanes of at least 4 members (excludes halogenated alkanes) is 13. The van der Waals surface area contributed by atoms with Gasteiger partial charge in [-0.1, -0.05) is 185 Å². The number of ether oxygens (including phenoxy) is 10. The highest BCUT2D eigenvalue weighted by atomic mass is 17.1. The summed E-state index contributed by atoms with van der Waals surface area (Å²) in [6.07, 6.45) is 37.6. The number of hydrogen-bond acceptors (Lipinski definition) is 14. The molecule has 0 saturated carbocycles. The summed E-state index contributed by atoms with van der Waals surface area (Å²) in [5.74, 6) is 0.762. The average molecular weight is 1070 g/mol. The first-order valence-corrected chi connectivity index (χ1v) is 30.8. The first-order valence-electron chi connectivity index (χ1n) is 30.8. The zero-order valence-electron chi connectivity index (χ0n) is 49.6. The highest BCUT2D eigenvalue weighted by Crippen LogP contribution is 2.24. The van der Waals surface area contributed by atoms with Crippen molar-refractivity contribution in [2.75, 3.05) is 79.3 Å². The highest BCUT2D eigenvalue weighted by molar-refractivity contribution is 4.77. The Kier molecular flexibility index (Phi) is 48.9. The van der Waals surface area contributed by atoms with Crippen LogP contribution in [0.2, 0.25) is 0 Å². The maximum Gasteiger partial charge on any atom is 0.104 e. The fourth-order valence-electron chi connectivity index (χ4n) is 7.34. The molecule has 0 aromatic heterocycles. The van der Waals surface area contributed by atoms with E-state index in [1.807, 2.05) is 13.8 Å². The van der Waals surface area contributed by atoms with E-state index in [0.29, 0.717) is 60.7 Å². The van der Waals surface area contributed by atoms with E-state index in [1.54, 1.807) is 0 Å². The molecule has 8 rings (SSSR count). The van der Waals surface area contributed by atoms with Crippen LogP contribution in [0.5, 0.6) is 0 Å². The predicted molar refractivity (Wildman–Crippen MR) is 298 cm³/mol. The standard InChI is InChI=1S/C11H22O.C9H18O.C8H16O3.C7H14O3.C7H14O2.C7H14O.C6H12O2.C5H10O/c1-2-3-4-5-6-7-8-9-11-10-12-11;1-2-3-4-5-6-7-9-8-10-9;1-3-6(2)8(11-9)4-7-5-10-7;1-5(2)7(10-8)3-6-4-9-6;1-2-3-4-8-5-7-6-9-7;1-2-3-4-5-7-6-8-7;1-2-3-7-4-6-5-8-6;1-2-3-5-4-6-5/h11H,2-10H2,1H3;9H,2-8H2,1H3;6-9H,3-5H2,1-2H3;5-8H,3-4H2,1-2H3;7H,2-6H2,1H3;7H,2-6H2,1H3;6H,2-5H2,1H3;5H,2-4H2,1H3. The molecule has 74 heavy (non-hydrogen) atoms. The topological polar surface area (TPSA) is 178 Å². The summed E-state index contributed by atoms with van der Waals surface area (Å²) in [4.78, 5) is 8.66. The van der Waals surface area contributed by atoms with Crippen LogP contribution in [0, 0.1) is 11.8 Å². The van der Waals surface area contributed by atoms with Crippen molar-refractivity contribution in [3.05, 3.63) is 0 Å². The maximum atomic E-state index is 8.55. The quantitative estimate of drug-likeness (QED) is 0.0258. The highest BCUT2D eigenvalue weighted by Gasteiger charge is 2.30. The Morgan fingerprint density at radius 3 is 0.986 bits per heavy atom. The largest absolute Gasteiger partial charge is 0.379 e. The van der Waals surface area contributed by atoms with Crippen LogP contribution in [0.3, 0.4) is 0 Å². The molecule has 11 atom stereocenters. The summed E-state index contributed by atoms with van der Waals surface area (Å²) in [6.45, 7) is 32.4. The third-order valence-corrected chi connectivity index (χ3v) is 13.6. The molecule has 8 aliphatic rings. The second-order valence-electron chi connectivity index (χ2n) is 21.9. The van der Waals surface area contributed by atoms with Gasteiger partial charge in [0.15, 0.2) is 0 Å². The van der Waals surface area contributed by atoms with Gasteiger partial charge in [0.25, 0.3) is 0 Å². The molecule has 8 saturated heterocycles. The van der Waals surface area contributed by atoms with E-state index >= 15 is 0 Å². The van der Waals surface area contributed by atoms with Crippen molar-refractivity contribution >= 4 is 0 Å². The van der Waals surface area contributed by atoms with Gasteiger partial charge in [0, 0.05) is 26.1 Å². The molecule has 0 aromatic rings. The van der Waals surface area contributed by atoms with Crippen LogP contribution in [0.1, 0.15) is 236 Å². The van der Waals surface area contributed by atoms with E-state index in [9.17, 15) is 0 Å². The van der Waals surface area contributed by atoms with Crippen LogP contribution < -0.4 is 0 Å². The Bertz CT molecular complexity index is 1110. The molecule has 0 radical (unpaired) electrons. The minimum absolute atomic E-state index is 0.0486. The van der Waals surface area contributed by atoms with E-state index in [2.05, 4.69) is 65.2 Å². The predicted octanol–water partition coefficient (Wildman–Crippen LogP) is 14.4. The zero-order chi connectivity index (χ0) is 54.3. The van der Waals surface area contributed by atoms with Gasteiger partial charge < -0.3 is 47.4 Å². The summed E-state index contributed by atoms with van der Waals surface area (Å²) >= 11 is 0. The molecule has 0 aromatic carbocycles. The molecule has 11 unspecified atom stereocenters. The Balaban J connectivity index is 0.000000425. The summed E-state index contributed by atoms with van der Waals surface area (Å²) in [5.41, 5.74) is 0. The van der Waals surface area contributed by atoms with Gasteiger partial charge in [-0.15, -0.1) is 0 Å². The minimum atomic E-state index is -0.0625. The molecule has 14 heteroatoms. The van der Waals surface area contributed by atoms with Crippen molar-refractivity contribution in [1.29, 1.82) is 0 Å². The molecule has 2 N–H and O–H groups in total. The van der Waals surface area contributed by atoms with Crippen molar-refractivity contribution in [2.24, 2.45) is 11.8 Å². The van der Waals surface area contributed by atoms with Gasteiger partial charge >= 0.3 is 0 Å². The van der Waals surface area contributed by atoms with Crippen molar-refractivity contribution < 1.29 is 67.7 Å². The normalized spacial score (nSPS) is 25.4. The molecule has 0 spiro atoms. The number of epoxide rings is 8. The molecule has 8 aliphatic heterocycles. The molecular weight excluding hydrogens is 945 g/mol. The Hall–Kier alpha value is -0.560. The monoisotopic (exact) mass is 1060 g/mol. The van der Waals surface area contributed by atoms with E-state index in [1.165, 1.54) is 141 Å². The Morgan fingerprint density at radius 1 is 0.351 bits per heavy atom. The fraction of sp³-hybridized carbons (Fsp3) is 1.00. The summed E-state index contributed by atoms with van der Waals surface area (Å²) in [5, 5.41) is 17.0. The second kappa shape index (κ2) is 50.6. The van der Waals surface area contributed by atoms with Gasteiger partial charge in [0.2, 0.25) is 0 Å². The number of rotatable bonds is 38. The lowest BCUT2D eigenvalue weighted by atomic mass is 9.98. The molecule has 0 aliphatic carbocycles. The Morgan fingerprint density at radius 2 is 0.676 bits per heavy atom. The zero-order valence-corrected chi connectivity index (χ0v) is 49.6. The lowest BCUT2D eigenvalue weighted by molar-refractivity contribution is -0.291. The van der Waals surface area contributed by atoms with Gasteiger partial charge in [-0.2, -0.15) is 0 Å². The van der Waals surface area contributed by atoms with E-state index in [-0.39, 0.29) is 12.2 Å². The van der Waals surface area contributed by atoms with Crippen molar-refractivity contribution in [1.82, 2.24) is 0 Å². The van der Waals surface area contributed by atoms with Crippen LogP contribution in [0.4, 0.5) is 0 Å². The molecule has 444 valence electrons. The molecule has 8 fully saturated rings. The molecule has 14 nitrogen and oxygen atoms in total. The Labute approximate surface area is 454 Å². The third kappa shape index (κ3) is 54.8. The van der Waals surface area contributed by atoms with Gasteiger partial charge in [-0.25, -0.2) is 9.78 Å². The minimum Gasteiger partial charge on any atom is -0.379 e. The second-order valence-corrected chi connectivity index (χ2v) is 21.9. The first kappa shape index (κ1) is 71.5. The van der Waals surface area contributed by atoms with Crippen LogP contribution in [-0.2, 0) is 57.1 Å². The molecule has 0 amide bonds. The summed E-state index contributed by atoms with van der Waals surface area (Å²) in [7, 11) is 0. The van der Waals surface area contributed by atoms with Crippen LogP contribution >= 0.6 is 0 Å². The lowest BCUT2D eigenvalue weighted by Gasteiger charge is -2.17. The van der Waals surface area contributed by atoms with Crippen molar-refractivity contribution in [2.45, 2.75) is 297 Å². The fourth-order valence-corrected chi connectivity index (χ4v) is 7.34. The third-order valence-electron chi connectivity index (χ3n) is 13.6. The molecule has 0 bridgehead atoms. The van der Waals surface area contributed by atoms with Gasteiger partial charge in [-0.3, -0.25) is 10.5 Å². The lowest BCUT2D eigenvalue weighted by Crippen LogP contribution is -2.22. The van der Waals surface area contributed by atoms with Crippen molar-refractivity contribution in [3.63, 3.8) is 0 Å². The molecule has 8 heterocycles. The van der Waals surface area contributed by atoms with E-state index in [4.69, 9.17) is 57.9 Å². The average Bonchev–Trinajstić information content (AvgIpc) is 4.22. The first-order chi connectivity index (χ1) is 36.1. The SMILES string of the molecule is CC(C)C(CC1CO1)OO.CCC(C)C(CC1CO1)OO.CCCC1CO1.CCCCCC1CO1.CCCCCCCC1CO1.CCCCCCCCCC1CO1.CCCCOCC1CO1.CCCOCC1CO1.